The third-order valence-electron chi connectivity index (χ3n) is 6.47. The van der Waals surface area contributed by atoms with Gasteiger partial charge in [0.2, 0.25) is 10.0 Å². The minimum Gasteiger partial charge on any atom is -0.348 e. The summed E-state index contributed by atoms with van der Waals surface area (Å²) < 4.78 is 29.2. The Morgan fingerprint density at radius 1 is 1.10 bits per heavy atom. The van der Waals surface area contributed by atoms with Crippen LogP contribution in [-0.4, -0.2) is 52.4 Å². The van der Waals surface area contributed by atoms with Crippen molar-refractivity contribution in [2.45, 2.75) is 38.1 Å². The molecule has 0 unspecified atom stereocenters. The van der Waals surface area contributed by atoms with Crippen LogP contribution in [0.25, 0.3) is 5.65 Å². The van der Waals surface area contributed by atoms with Gasteiger partial charge in [-0.1, -0.05) is 17.7 Å². The van der Waals surface area contributed by atoms with Crippen molar-refractivity contribution < 1.29 is 13.2 Å². The SMILES string of the molecule is Cc1ccc(S(=O)(=O)N2C[C@H]3C[C@H](NC(=O)c4cc5nc(C)cc(C)n5n4)[C@H]3C2)cc1. The number of nitrogens with zero attached hydrogens (tertiary/aromatic N) is 4. The van der Waals surface area contributed by atoms with E-state index in [1.807, 2.05) is 39.0 Å². The molecule has 3 heterocycles. The lowest BCUT2D eigenvalue weighted by atomic mass is 9.71. The maximum atomic E-state index is 13.0. The van der Waals surface area contributed by atoms with Crippen LogP contribution in [0.15, 0.2) is 41.3 Å². The number of aromatic nitrogens is 3. The summed E-state index contributed by atoms with van der Waals surface area (Å²) in [6, 6.07) is 10.5. The van der Waals surface area contributed by atoms with Crippen molar-refractivity contribution in [2.24, 2.45) is 11.8 Å². The van der Waals surface area contributed by atoms with E-state index in [4.69, 9.17) is 0 Å². The van der Waals surface area contributed by atoms with Crippen molar-refractivity contribution in [1.82, 2.24) is 24.2 Å². The molecule has 9 heteroatoms. The first kappa shape index (κ1) is 20.1. The van der Waals surface area contributed by atoms with Crippen molar-refractivity contribution in [1.29, 1.82) is 0 Å². The third kappa shape index (κ3) is 3.41. The summed E-state index contributed by atoms with van der Waals surface area (Å²) in [4.78, 5) is 17.5. The number of carbonyl (C=O) groups is 1. The molecule has 2 aliphatic rings. The summed E-state index contributed by atoms with van der Waals surface area (Å²) in [5.74, 6) is 0.160. The Balaban J connectivity index is 1.28. The van der Waals surface area contributed by atoms with Crippen LogP contribution in [-0.2, 0) is 10.0 Å². The fourth-order valence-corrected chi connectivity index (χ4v) is 6.26. The largest absolute Gasteiger partial charge is 0.348 e. The molecular formula is C22H25N5O3S. The number of hydrogen-bond acceptors (Lipinski definition) is 5. The van der Waals surface area contributed by atoms with E-state index in [1.165, 1.54) is 0 Å². The van der Waals surface area contributed by atoms with Crippen LogP contribution >= 0.6 is 0 Å². The van der Waals surface area contributed by atoms with Gasteiger partial charge in [0.25, 0.3) is 5.91 Å². The first-order chi connectivity index (χ1) is 14.7. The maximum absolute atomic E-state index is 13.0. The topological polar surface area (TPSA) is 96.7 Å². The number of hydrogen-bond donors (Lipinski definition) is 1. The van der Waals surface area contributed by atoms with Gasteiger partial charge in [0, 0.05) is 36.6 Å². The fraction of sp³-hybridized carbons (Fsp3) is 0.409. The van der Waals surface area contributed by atoms with Crippen molar-refractivity contribution in [3.8, 4) is 0 Å². The van der Waals surface area contributed by atoms with Crippen molar-refractivity contribution in [3.63, 3.8) is 0 Å². The predicted octanol–water partition coefficient (Wildman–Crippen LogP) is 2.09. The summed E-state index contributed by atoms with van der Waals surface area (Å²) in [7, 11) is -3.51. The molecule has 1 amide bonds. The molecule has 1 N–H and O–H groups in total. The van der Waals surface area contributed by atoms with Gasteiger partial charge in [-0.05, 0) is 57.2 Å². The van der Waals surface area contributed by atoms with Crippen LogP contribution in [0, 0.1) is 32.6 Å². The van der Waals surface area contributed by atoms with Crippen LogP contribution < -0.4 is 5.32 Å². The Hall–Kier alpha value is -2.78. The standard InChI is InChI=1S/C22H25N5O3S/c1-13-4-6-17(7-5-13)31(29,30)26-11-16-9-19(18(16)12-26)24-22(28)20-10-21-23-14(2)8-15(3)27(21)25-20/h4-8,10,16,18-19H,9,11-12H2,1-3H3,(H,24,28)/t16-,18+,19+/m1/s1. The molecule has 2 aromatic heterocycles. The van der Waals surface area contributed by atoms with E-state index in [-0.39, 0.29) is 23.8 Å². The van der Waals surface area contributed by atoms with Crippen LogP contribution in [0.2, 0.25) is 0 Å². The summed E-state index contributed by atoms with van der Waals surface area (Å²) in [6.07, 6.45) is 0.778. The number of nitrogens with one attached hydrogen (secondary N) is 1. The molecule has 0 radical (unpaired) electrons. The van der Waals surface area contributed by atoms with Gasteiger partial charge in [-0.2, -0.15) is 9.40 Å². The first-order valence-corrected chi connectivity index (χ1v) is 11.9. The molecule has 3 aromatic rings. The van der Waals surface area contributed by atoms with E-state index in [1.54, 1.807) is 27.0 Å². The quantitative estimate of drug-likeness (QED) is 0.672. The maximum Gasteiger partial charge on any atom is 0.272 e. The van der Waals surface area contributed by atoms with Crippen LogP contribution in [0.3, 0.4) is 0 Å². The Bertz CT molecular complexity index is 1280. The number of amides is 1. The van der Waals surface area contributed by atoms with Gasteiger partial charge in [-0.3, -0.25) is 4.79 Å². The highest BCUT2D eigenvalue weighted by atomic mass is 32.2. The molecular weight excluding hydrogens is 414 g/mol. The molecule has 0 bridgehead atoms. The van der Waals surface area contributed by atoms with Gasteiger partial charge >= 0.3 is 0 Å². The number of sulfonamides is 1. The molecule has 1 aliphatic heterocycles. The molecule has 1 aromatic carbocycles. The third-order valence-corrected chi connectivity index (χ3v) is 8.32. The molecule has 1 saturated carbocycles. The van der Waals surface area contributed by atoms with E-state index in [0.29, 0.717) is 29.3 Å². The van der Waals surface area contributed by atoms with Crippen molar-refractivity contribution >= 4 is 21.6 Å². The molecule has 1 saturated heterocycles. The highest BCUT2D eigenvalue weighted by Crippen LogP contribution is 2.42. The minimum atomic E-state index is -3.51. The Kier molecular flexibility index (Phi) is 4.63. The summed E-state index contributed by atoms with van der Waals surface area (Å²) >= 11 is 0. The number of carbonyl (C=O) groups excluding carboxylic acids is 1. The lowest BCUT2D eigenvalue weighted by Crippen LogP contribution is -2.52. The predicted molar refractivity (Wildman–Crippen MR) is 115 cm³/mol. The van der Waals surface area contributed by atoms with E-state index in [9.17, 15) is 13.2 Å². The number of benzene rings is 1. The van der Waals surface area contributed by atoms with E-state index in [0.717, 1.165) is 23.4 Å². The Morgan fingerprint density at radius 3 is 2.58 bits per heavy atom. The van der Waals surface area contributed by atoms with Crippen LogP contribution in [0.5, 0.6) is 0 Å². The summed E-state index contributed by atoms with van der Waals surface area (Å²) in [5.41, 5.74) is 3.78. The zero-order valence-corrected chi connectivity index (χ0v) is 18.6. The lowest BCUT2D eigenvalue weighted by molar-refractivity contribution is 0.0827. The van der Waals surface area contributed by atoms with Gasteiger partial charge in [0.1, 0.15) is 0 Å². The van der Waals surface area contributed by atoms with E-state index >= 15 is 0 Å². The highest BCUT2D eigenvalue weighted by molar-refractivity contribution is 7.89. The van der Waals surface area contributed by atoms with Crippen LogP contribution in [0.1, 0.15) is 33.9 Å². The molecule has 5 rings (SSSR count). The van der Waals surface area contributed by atoms with Crippen molar-refractivity contribution in [3.05, 3.63) is 59.0 Å². The lowest BCUT2D eigenvalue weighted by Gasteiger charge is -2.39. The average Bonchev–Trinajstić information content (AvgIpc) is 3.28. The first-order valence-electron chi connectivity index (χ1n) is 10.4. The number of aryl methyl sites for hydroxylation is 3. The zero-order chi connectivity index (χ0) is 21.9. The second-order valence-electron chi connectivity index (χ2n) is 8.71. The highest BCUT2D eigenvalue weighted by Gasteiger charge is 2.50. The molecule has 1 aliphatic carbocycles. The van der Waals surface area contributed by atoms with E-state index < -0.39 is 10.0 Å². The monoisotopic (exact) mass is 439 g/mol. The van der Waals surface area contributed by atoms with Gasteiger partial charge in [0.15, 0.2) is 11.3 Å². The van der Waals surface area contributed by atoms with Gasteiger partial charge in [-0.15, -0.1) is 0 Å². The van der Waals surface area contributed by atoms with Gasteiger partial charge < -0.3 is 5.32 Å². The average molecular weight is 440 g/mol. The second kappa shape index (κ2) is 7.13. The smallest absolute Gasteiger partial charge is 0.272 e. The van der Waals surface area contributed by atoms with E-state index in [2.05, 4.69) is 15.4 Å². The normalized spacial score (nSPS) is 23.5. The zero-order valence-electron chi connectivity index (χ0n) is 17.7. The van der Waals surface area contributed by atoms with Gasteiger partial charge in [0.05, 0.1) is 4.90 Å². The molecule has 162 valence electrons. The molecule has 31 heavy (non-hydrogen) atoms. The molecule has 3 atom stereocenters. The Morgan fingerprint density at radius 2 is 1.84 bits per heavy atom. The summed E-state index contributed by atoms with van der Waals surface area (Å²) in [5, 5.41) is 7.44. The molecule has 0 spiro atoms. The van der Waals surface area contributed by atoms with Crippen molar-refractivity contribution in [2.75, 3.05) is 13.1 Å². The fourth-order valence-electron chi connectivity index (χ4n) is 4.73. The van der Waals surface area contributed by atoms with Crippen LogP contribution in [0.4, 0.5) is 0 Å². The Labute approximate surface area is 181 Å². The number of rotatable bonds is 4. The number of fused-ring (bicyclic) bond motifs is 2. The molecule has 2 fully saturated rings. The second-order valence-corrected chi connectivity index (χ2v) is 10.7. The minimum absolute atomic E-state index is 0.0451. The molecule has 8 nitrogen and oxygen atoms in total. The van der Waals surface area contributed by atoms with Gasteiger partial charge in [-0.25, -0.2) is 17.9 Å². The summed E-state index contributed by atoms with van der Waals surface area (Å²) in [6.45, 7) is 6.70.